The topological polar surface area (TPSA) is 80.6 Å². The van der Waals surface area contributed by atoms with E-state index < -0.39 is 15.6 Å². The van der Waals surface area contributed by atoms with Crippen molar-refractivity contribution in [3.8, 4) is 11.4 Å². The molecular formula is C21H18F2N4O2S2. The minimum atomic E-state index is -4.58. The number of benzene rings is 2. The molecule has 2 aromatic heterocycles. The Morgan fingerprint density at radius 1 is 1.10 bits per heavy atom. The number of hydrogen-bond acceptors (Lipinski definition) is 5. The van der Waals surface area contributed by atoms with Crippen LogP contribution in [0, 0.1) is 0 Å². The highest BCUT2D eigenvalue weighted by Gasteiger charge is 2.31. The first-order valence-corrected chi connectivity index (χ1v) is 12.2. The van der Waals surface area contributed by atoms with Crippen molar-refractivity contribution in [2.24, 2.45) is 0 Å². The van der Waals surface area contributed by atoms with Gasteiger partial charge in [0.15, 0.2) is 11.0 Å². The third-order valence-electron chi connectivity index (χ3n) is 5.26. The van der Waals surface area contributed by atoms with Crippen LogP contribution in [0.5, 0.6) is 0 Å². The molecule has 5 rings (SSSR count). The van der Waals surface area contributed by atoms with Gasteiger partial charge in [0, 0.05) is 34.5 Å². The first kappa shape index (κ1) is 20.2. The van der Waals surface area contributed by atoms with E-state index in [1.165, 1.54) is 23.9 Å². The lowest BCUT2D eigenvalue weighted by atomic mass is 10.1. The van der Waals surface area contributed by atoms with Crippen LogP contribution in [-0.4, -0.2) is 33.9 Å². The van der Waals surface area contributed by atoms with Crippen molar-refractivity contribution >= 4 is 32.5 Å². The molecular weight excluding hydrogens is 442 g/mol. The fourth-order valence-electron chi connectivity index (χ4n) is 3.50. The maximum Gasteiger partial charge on any atom is 0.341 e. The first-order chi connectivity index (χ1) is 14.9. The van der Waals surface area contributed by atoms with E-state index in [-0.39, 0.29) is 4.90 Å². The highest BCUT2D eigenvalue weighted by atomic mass is 32.2. The number of alkyl halides is 2. The molecule has 0 spiro atoms. The van der Waals surface area contributed by atoms with Crippen molar-refractivity contribution in [3.05, 3.63) is 60.3 Å². The lowest BCUT2D eigenvalue weighted by molar-refractivity contribution is 0.234. The summed E-state index contributed by atoms with van der Waals surface area (Å²) < 4.78 is 50.7. The zero-order valence-electron chi connectivity index (χ0n) is 16.2. The molecule has 0 amide bonds. The maximum atomic E-state index is 12.7. The van der Waals surface area contributed by atoms with Crippen LogP contribution in [0.15, 0.2) is 64.8 Å². The van der Waals surface area contributed by atoms with Crippen LogP contribution in [0.25, 0.3) is 22.3 Å². The number of fused-ring (bicyclic) bond motifs is 1. The third kappa shape index (κ3) is 3.74. The number of aromatic amines is 1. The summed E-state index contributed by atoms with van der Waals surface area (Å²) in [7, 11) is -4.58. The van der Waals surface area contributed by atoms with Gasteiger partial charge < -0.3 is 4.98 Å². The van der Waals surface area contributed by atoms with E-state index >= 15 is 0 Å². The van der Waals surface area contributed by atoms with Gasteiger partial charge in [-0.3, -0.25) is 4.57 Å². The number of halogens is 2. The quantitative estimate of drug-likeness (QED) is 0.391. The third-order valence-corrected chi connectivity index (χ3v) is 7.67. The van der Waals surface area contributed by atoms with Gasteiger partial charge >= 0.3 is 5.76 Å². The summed E-state index contributed by atoms with van der Waals surface area (Å²) in [6, 6.07) is 14.0. The predicted molar refractivity (Wildman–Crippen MR) is 115 cm³/mol. The Morgan fingerprint density at radius 3 is 2.55 bits per heavy atom. The molecule has 2 heterocycles. The van der Waals surface area contributed by atoms with Crippen molar-refractivity contribution in [2.45, 2.75) is 40.4 Å². The van der Waals surface area contributed by atoms with Gasteiger partial charge in [0.25, 0.3) is 0 Å². The van der Waals surface area contributed by atoms with Crippen molar-refractivity contribution in [1.29, 1.82) is 0 Å². The predicted octanol–water partition coefficient (Wildman–Crippen LogP) is 5.05. The number of aromatic nitrogens is 4. The minimum Gasteiger partial charge on any atom is -0.360 e. The van der Waals surface area contributed by atoms with Crippen LogP contribution in [-0.2, 0) is 15.6 Å². The van der Waals surface area contributed by atoms with Gasteiger partial charge in [-0.25, -0.2) is 8.42 Å². The number of hydrogen-bond donors (Lipinski definition) is 1. The molecule has 31 heavy (non-hydrogen) atoms. The van der Waals surface area contributed by atoms with E-state index in [1.807, 2.05) is 24.4 Å². The molecule has 4 aromatic rings. The molecule has 160 valence electrons. The molecule has 2 aromatic carbocycles. The van der Waals surface area contributed by atoms with Crippen molar-refractivity contribution in [3.63, 3.8) is 0 Å². The van der Waals surface area contributed by atoms with Gasteiger partial charge in [-0.1, -0.05) is 42.1 Å². The maximum absolute atomic E-state index is 12.7. The summed E-state index contributed by atoms with van der Waals surface area (Å²) in [6.07, 6.45) is 4.09. The van der Waals surface area contributed by atoms with Crippen molar-refractivity contribution in [1.82, 2.24) is 19.7 Å². The Morgan fingerprint density at radius 2 is 1.84 bits per heavy atom. The van der Waals surface area contributed by atoms with Crippen molar-refractivity contribution in [2.75, 3.05) is 0 Å². The second-order valence-electron chi connectivity index (χ2n) is 7.39. The summed E-state index contributed by atoms with van der Waals surface area (Å²) in [5.41, 5.74) is 2.86. The average molecular weight is 461 g/mol. The Kier molecular flexibility index (Phi) is 5.05. The second kappa shape index (κ2) is 7.76. The first-order valence-electron chi connectivity index (χ1n) is 9.70. The lowest BCUT2D eigenvalue weighted by Gasteiger charge is -2.09. The minimum absolute atomic E-state index is 0.361. The molecule has 0 bridgehead atoms. The van der Waals surface area contributed by atoms with E-state index in [1.54, 1.807) is 12.1 Å². The number of rotatable bonds is 7. The largest absolute Gasteiger partial charge is 0.360 e. The van der Waals surface area contributed by atoms with E-state index in [2.05, 4.69) is 25.8 Å². The molecule has 0 saturated heterocycles. The SMILES string of the molecule is O=S(=O)(c1ccc(CSc2nnc(-c3c[nH]c4ccccc34)n2C2CC2)cc1)C(F)F. The van der Waals surface area contributed by atoms with E-state index in [0.717, 1.165) is 45.9 Å². The molecule has 1 fully saturated rings. The molecule has 0 atom stereocenters. The number of sulfone groups is 1. The zero-order chi connectivity index (χ0) is 21.6. The van der Waals surface area contributed by atoms with Crippen molar-refractivity contribution < 1.29 is 17.2 Å². The summed E-state index contributed by atoms with van der Waals surface area (Å²) in [5.74, 6) is -2.08. The number of thioether (sulfide) groups is 1. The molecule has 1 aliphatic carbocycles. The molecule has 1 N–H and O–H groups in total. The Labute approximate surface area is 181 Å². The number of H-pyrrole nitrogens is 1. The normalized spacial score (nSPS) is 14.5. The van der Waals surface area contributed by atoms with Crippen LogP contribution in [0.3, 0.4) is 0 Å². The Bertz CT molecular complexity index is 1340. The van der Waals surface area contributed by atoms with Gasteiger partial charge in [-0.2, -0.15) is 8.78 Å². The zero-order valence-corrected chi connectivity index (χ0v) is 17.8. The summed E-state index contributed by atoms with van der Waals surface area (Å²) in [5, 5.41) is 10.7. The molecule has 6 nitrogen and oxygen atoms in total. The highest BCUT2D eigenvalue weighted by molar-refractivity contribution is 7.98. The van der Waals surface area contributed by atoms with E-state index in [0.29, 0.717) is 11.8 Å². The van der Waals surface area contributed by atoms with E-state index in [9.17, 15) is 17.2 Å². The van der Waals surface area contributed by atoms with Crippen LogP contribution in [0.2, 0.25) is 0 Å². The lowest BCUT2D eigenvalue weighted by Crippen LogP contribution is -2.11. The van der Waals surface area contributed by atoms with Crippen LogP contribution in [0.1, 0.15) is 24.4 Å². The Hall–Kier alpha value is -2.72. The summed E-state index contributed by atoms with van der Waals surface area (Å²) >= 11 is 1.49. The van der Waals surface area contributed by atoms with Gasteiger partial charge in [0.1, 0.15) is 0 Å². The van der Waals surface area contributed by atoms with Gasteiger partial charge in [-0.15, -0.1) is 10.2 Å². The van der Waals surface area contributed by atoms with Crippen LogP contribution >= 0.6 is 11.8 Å². The molecule has 10 heteroatoms. The van der Waals surface area contributed by atoms with Gasteiger partial charge in [-0.05, 0) is 36.6 Å². The Balaban J connectivity index is 1.40. The smallest absolute Gasteiger partial charge is 0.341 e. The standard InChI is InChI=1S/C21H18F2N4O2S2/c22-20(23)31(28,29)15-9-5-13(6-10-15)12-30-21-26-25-19(27(21)14-7-8-14)17-11-24-18-4-2-1-3-16(17)18/h1-6,9-11,14,20,24H,7-8,12H2. The molecule has 1 aliphatic rings. The molecule has 0 radical (unpaired) electrons. The highest BCUT2D eigenvalue weighted by Crippen LogP contribution is 2.42. The fraction of sp³-hybridized carbons (Fsp3) is 0.238. The van der Waals surface area contributed by atoms with Crippen LogP contribution < -0.4 is 0 Å². The van der Waals surface area contributed by atoms with E-state index in [4.69, 9.17) is 0 Å². The summed E-state index contributed by atoms with van der Waals surface area (Å²) in [4.78, 5) is 2.90. The summed E-state index contributed by atoms with van der Waals surface area (Å²) in [6.45, 7) is 0. The molecule has 0 unspecified atom stereocenters. The van der Waals surface area contributed by atoms with Crippen LogP contribution in [0.4, 0.5) is 8.78 Å². The number of nitrogens with one attached hydrogen (secondary N) is 1. The second-order valence-corrected chi connectivity index (χ2v) is 10.3. The van der Waals surface area contributed by atoms with Gasteiger partial charge in [0.05, 0.1) is 4.90 Å². The monoisotopic (exact) mass is 460 g/mol. The average Bonchev–Trinajstić information content (AvgIpc) is 3.38. The molecule has 0 aliphatic heterocycles. The number of nitrogens with zero attached hydrogens (tertiary/aromatic N) is 3. The number of para-hydroxylation sites is 1. The molecule has 1 saturated carbocycles. The fourth-order valence-corrected chi connectivity index (χ4v) is 5.19. The van der Waals surface area contributed by atoms with Gasteiger partial charge in [0.2, 0.25) is 9.84 Å².